The lowest BCUT2D eigenvalue weighted by Crippen LogP contribution is -2.51. The molecule has 0 radical (unpaired) electrons. The minimum Gasteiger partial charge on any atom is -0.465 e. The number of aromatic nitrogens is 4. The van der Waals surface area contributed by atoms with E-state index in [1.54, 1.807) is 22.2 Å². The third-order valence-electron chi connectivity index (χ3n) is 11.8. The Labute approximate surface area is 349 Å². The van der Waals surface area contributed by atoms with Crippen LogP contribution in [0, 0.1) is 5.92 Å². The molecule has 5 aromatic rings. The summed E-state index contributed by atoms with van der Waals surface area (Å²) in [6.45, 7) is 5.29. The van der Waals surface area contributed by atoms with E-state index >= 15 is 0 Å². The number of carbonyl (C=O) groups is 4. The standard InChI is InChI=1S/C45H53N9O6/c1-27(2)39(51-44(57)60-4)43(56)54-22-6-8-37(54)41-48-26-35(50-41)33-19-15-31(16-20-33)30-13-17-32(18-14-30)34-25-47-40(49-34)36-7-5-21-53(36)42(55)38(52(3)45(58)59)23-28-9-11-29(24-46)12-10-28/h9-20,25-27,36-39H,5-8,21-24,46H2,1-4H3,(H,47,49)(H,48,50)(H,51,57)(H,58,59)/t36-,37?,38-,39-/m0/s1. The smallest absolute Gasteiger partial charge is 0.407 e. The Balaban J connectivity index is 1.00. The average Bonchev–Trinajstić information content (AvgIpc) is 4.11. The number of nitrogens with zero attached hydrogens (tertiary/aromatic N) is 5. The van der Waals surface area contributed by atoms with Crippen LogP contribution in [-0.4, -0.2) is 103 Å². The van der Waals surface area contributed by atoms with Gasteiger partial charge in [0.1, 0.15) is 23.7 Å². The van der Waals surface area contributed by atoms with E-state index in [0.717, 1.165) is 75.4 Å². The topological polar surface area (TPSA) is 203 Å². The van der Waals surface area contributed by atoms with Crippen molar-refractivity contribution in [2.24, 2.45) is 11.7 Å². The molecule has 314 valence electrons. The first-order valence-electron chi connectivity index (χ1n) is 20.5. The van der Waals surface area contributed by atoms with E-state index in [4.69, 9.17) is 15.5 Å². The zero-order valence-corrected chi connectivity index (χ0v) is 34.4. The van der Waals surface area contributed by atoms with Gasteiger partial charge in [-0.1, -0.05) is 86.6 Å². The summed E-state index contributed by atoms with van der Waals surface area (Å²) in [5.41, 5.74) is 13.2. The van der Waals surface area contributed by atoms with Crippen LogP contribution in [0.5, 0.6) is 0 Å². The van der Waals surface area contributed by atoms with Crippen molar-refractivity contribution < 1.29 is 29.0 Å². The maximum absolute atomic E-state index is 14.0. The Morgan fingerprint density at radius 2 is 1.25 bits per heavy atom. The highest BCUT2D eigenvalue weighted by Crippen LogP contribution is 2.35. The Kier molecular flexibility index (Phi) is 12.6. The Bertz CT molecular complexity index is 2290. The first kappa shape index (κ1) is 41.7. The summed E-state index contributed by atoms with van der Waals surface area (Å²) in [5.74, 6) is 0.877. The second-order valence-corrected chi connectivity index (χ2v) is 15.9. The van der Waals surface area contributed by atoms with E-state index in [0.29, 0.717) is 31.3 Å². The first-order valence-corrected chi connectivity index (χ1v) is 20.5. The number of benzene rings is 3. The van der Waals surface area contributed by atoms with Crippen LogP contribution in [0.2, 0.25) is 0 Å². The van der Waals surface area contributed by atoms with E-state index in [1.165, 1.54) is 14.2 Å². The number of amides is 4. The molecule has 0 spiro atoms. The van der Waals surface area contributed by atoms with Crippen molar-refractivity contribution >= 4 is 24.0 Å². The number of alkyl carbamates (subject to hydrolysis) is 1. The minimum absolute atomic E-state index is 0.113. The maximum Gasteiger partial charge on any atom is 0.407 e. The third kappa shape index (κ3) is 8.90. The molecule has 4 heterocycles. The van der Waals surface area contributed by atoms with Gasteiger partial charge in [0.15, 0.2) is 0 Å². The van der Waals surface area contributed by atoms with Crippen molar-refractivity contribution in [3.63, 3.8) is 0 Å². The van der Waals surface area contributed by atoms with Gasteiger partial charge in [0.05, 0.1) is 43.0 Å². The number of hydrogen-bond acceptors (Lipinski definition) is 8. The highest BCUT2D eigenvalue weighted by molar-refractivity contribution is 5.87. The number of carboxylic acid groups (broad SMARTS) is 1. The van der Waals surface area contributed by atoms with Crippen LogP contribution >= 0.6 is 0 Å². The molecule has 3 aromatic carbocycles. The lowest BCUT2D eigenvalue weighted by Gasteiger charge is -2.32. The fourth-order valence-corrected chi connectivity index (χ4v) is 8.25. The van der Waals surface area contributed by atoms with Crippen LogP contribution in [0.1, 0.15) is 74.4 Å². The van der Waals surface area contributed by atoms with E-state index in [9.17, 15) is 24.3 Å². The molecule has 2 aliphatic heterocycles. The van der Waals surface area contributed by atoms with Gasteiger partial charge in [0.25, 0.3) is 0 Å². The molecule has 2 saturated heterocycles. The first-order chi connectivity index (χ1) is 28.9. The molecular formula is C45H53N9O6. The number of likely N-dealkylation sites (tertiary alicyclic amines) is 2. The third-order valence-corrected chi connectivity index (χ3v) is 11.8. The number of H-pyrrole nitrogens is 2. The summed E-state index contributed by atoms with van der Waals surface area (Å²) in [7, 11) is 2.73. The molecule has 2 aliphatic rings. The normalized spacial score (nSPS) is 17.4. The zero-order valence-electron chi connectivity index (χ0n) is 34.4. The van der Waals surface area contributed by atoms with E-state index in [-0.39, 0.29) is 36.2 Å². The number of rotatable bonds is 13. The molecule has 4 amide bonds. The lowest BCUT2D eigenvalue weighted by atomic mass is 10.0. The van der Waals surface area contributed by atoms with Crippen LogP contribution in [0.15, 0.2) is 85.2 Å². The highest BCUT2D eigenvalue weighted by atomic mass is 16.5. The molecule has 2 aromatic heterocycles. The van der Waals surface area contributed by atoms with E-state index in [2.05, 4.69) is 44.5 Å². The second kappa shape index (κ2) is 18.2. The van der Waals surface area contributed by atoms with Gasteiger partial charge in [0, 0.05) is 33.1 Å². The lowest BCUT2D eigenvalue weighted by molar-refractivity contribution is -0.137. The summed E-state index contributed by atoms with van der Waals surface area (Å²) in [5, 5.41) is 12.6. The molecule has 6 N–H and O–H groups in total. The van der Waals surface area contributed by atoms with Crippen LogP contribution in [0.3, 0.4) is 0 Å². The fourth-order valence-electron chi connectivity index (χ4n) is 8.25. The van der Waals surface area contributed by atoms with E-state index < -0.39 is 24.3 Å². The second-order valence-electron chi connectivity index (χ2n) is 15.9. The molecule has 15 nitrogen and oxygen atoms in total. The number of imidazole rings is 2. The molecular weight excluding hydrogens is 763 g/mol. The van der Waals surface area contributed by atoms with Gasteiger partial charge in [-0.3, -0.25) is 14.5 Å². The fraction of sp³-hybridized carbons (Fsp3) is 0.378. The van der Waals surface area contributed by atoms with Crippen molar-refractivity contribution in [3.05, 3.63) is 108 Å². The van der Waals surface area contributed by atoms with Gasteiger partial charge in [-0.2, -0.15) is 0 Å². The summed E-state index contributed by atoms with van der Waals surface area (Å²) in [4.78, 5) is 72.5. The van der Waals surface area contributed by atoms with Gasteiger partial charge >= 0.3 is 12.2 Å². The summed E-state index contributed by atoms with van der Waals surface area (Å²) in [6.07, 6.45) is 5.14. The average molecular weight is 816 g/mol. The summed E-state index contributed by atoms with van der Waals surface area (Å²) < 4.78 is 4.76. The molecule has 15 heteroatoms. The maximum atomic E-state index is 14.0. The number of aromatic amines is 2. The number of carbonyl (C=O) groups excluding carboxylic acids is 3. The van der Waals surface area contributed by atoms with Crippen LogP contribution in [0.25, 0.3) is 33.6 Å². The van der Waals surface area contributed by atoms with Gasteiger partial charge in [0.2, 0.25) is 11.8 Å². The van der Waals surface area contributed by atoms with Crippen LogP contribution in [0.4, 0.5) is 9.59 Å². The molecule has 7 rings (SSSR count). The highest BCUT2D eigenvalue weighted by Gasteiger charge is 2.39. The number of methoxy groups -OCH3 is 1. The molecule has 0 aliphatic carbocycles. The van der Waals surface area contributed by atoms with Crippen molar-refractivity contribution in [2.75, 3.05) is 27.2 Å². The van der Waals surface area contributed by atoms with Crippen molar-refractivity contribution in [1.29, 1.82) is 0 Å². The van der Waals surface area contributed by atoms with Gasteiger partial charge < -0.3 is 40.7 Å². The largest absolute Gasteiger partial charge is 0.465 e. The molecule has 0 bridgehead atoms. The Hall–Kier alpha value is -6.48. The molecule has 1 unspecified atom stereocenters. The van der Waals surface area contributed by atoms with Crippen molar-refractivity contribution in [1.82, 2.24) is 40.0 Å². The van der Waals surface area contributed by atoms with Crippen LogP contribution in [-0.2, 0) is 27.3 Å². The molecule has 2 fully saturated rings. The Morgan fingerprint density at radius 3 is 1.70 bits per heavy atom. The number of hydrogen-bond donors (Lipinski definition) is 5. The SMILES string of the molecule is COC(=O)N[C@H](C(=O)N1CCCC1c1ncc(-c2ccc(-c3ccc(-c4cnc([C@@H]5CCCN5C(=O)[C@H](Cc5ccc(CN)cc5)N(C)C(=O)O)[nH]4)cc3)cc2)[nH]1)C(C)C. The number of nitrogens with two attached hydrogens (primary N) is 1. The van der Waals surface area contributed by atoms with E-state index in [1.807, 2.05) is 62.4 Å². The van der Waals surface area contributed by atoms with Crippen molar-refractivity contribution in [3.8, 4) is 33.6 Å². The monoisotopic (exact) mass is 815 g/mol. The van der Waals surface area contributed by atoms with Crippen molar-refractivity contribution in [2.45, 2.75) is 76.7 Å². The van der Waals surface area contributed by atoms with Gasteiger partial charge in [-0.05, 0) is 65.0 Å². The quantitative estimate of drug-likeness (QED) is 0.0877. The number of nitrogens with one attached hydrogen (secondary N) is 3. The predicted octanol–water partition coefficient (Wildman–Crippen LogP) is 6.52. The zero-order chi connectivity index (χ0) is 42.5. The van der Waals surface area contributed by atoms with Gasteiger partial charge in [-0.25, -0.2) is 19.6 Å². The van der Waals surface area contributed by atoms with Gasteiger partial charge in [-0.15, -0.1) is 0 Å². The molecule has 4 atom stereocenters. The number of likely N-dealkylation sites (N-methyl/N-ethyl adjacent to an activating group) is 1. The molecule has 0 saturated carbocycles. The summed E-state index contributed by atoms with van der Waals surface area (Å²) >= 11 is 0. The van der Waals surface area contributed by atoms with Crippen LogP contribution < -0.4 is 11.1 Å². The Morgan fingerprint density at radius 1 is 0.783 bits per heavy atom. The summed E-state index contributed by atoms with van der Waals surface area (Å²) in [6, 6.07) is 21.9. The minimum atomic E-state index is -1.16. The molecule has 60 heavy (non-hydrogen) atoms. The predicted molar refractivity (Wildman–Crippen MR) is 226 cm³/mol. The number of ether oxygens (including phenoxy) is 1.